The molecule has 0 radical (unpaired) electrons. The van der Waals surface area contributed by atoms with E-state index >= 15 is 0 Å². The molecule has 0 aromatic heterocycles. The van der Waals surface area contributed by atoms with E-state index in [1.807, 2.05) is 0 Å². The van der Waals surface area contributed by atoms with E-state index in [1.165, 1.54) is 0 Å². The lowest BCUT2D eigenvalue weighted by Crippen LogP contribution is -2.43. The van der Waals surface area contributed by atoms with E-state index in [4.69, 9.17) is 0 Å². The smallest absolute Gasteiger partial charge is 0.213 e. The lowest BCUT2D eigenvalue weighted by molar-refractivity contribution is 0.589. The van der Waals surface area contributed by atoms with Crippen LogP contribution in [0.2, 0.25) is 0 Å². The number of hydrogen-bond acceptors (Lipinski definition) is 2. The molecule has 1 aromatic rings. The Morgan fingerprint density at radius 1 is 1.06 bits per heavy atom. The Morgan fingerprint density at radius 2 is 1.65 bits per heavy atom. The van der Waals surface area contributed by atoms with Crippen molar-refractivity contribution in [3.8, 4) is 0 Å². The fraction of sp³-hybridized carbons (Fsp3) is 0.455. The molecule has 0 amide bonds. The maximum Gasteiger partial charge on any atom is 0.213 e. The number of piperazine rings is 1. The van der Waals surface area contributed by atoms with Crippen LogP contribution in [-0.2, 0) is 5.75 Å². The quantitative estimate of drug-likeness (QED) is 0.902. The number of halogens is 3. The Labute approximate surface area is 101 Å². The number of anilines is 1. The zero-order chi connectivity index (χ0) is 12.3. The van der Waals surface area contributed by atoms with Gasteiger partial charge in [-0.3, -0.25) is 0 Å². The molecule has 0 atom stereocenters. The molecule has 6 heteroatoms. The van der Waals surface area contributed by atoms with Gasteiger partial charge in [0, 0.05) is 31.9 Å². The fourth-order valence-electron chi connectivity index (χ4n) is 1.92. The highest BCUT2D eigenvalue weighted by atomic mass is 32.3. The minimum absolute atomic E-state index is 0.353. The minimum atomic E-state index is -4.94. The van der Waals surface area contributed by atoms with Crippen LogP contribution in [0, 0.1) is 0 Å². The monoisotopic (exact) mass is 264 g/mol. The highest BCUT2D eigenvalue weighted by molar-refractivity contribution is 8.20. The van der Waals surface area contributed by atoms with Crippen LogP contribution in [0.4, 0.5) is 17.3 Å². The van der Waals surface area contributed by atoms with Gasteiger partial charge < -0.3 is 10.2 Å². The number of nitrogens with one attached hydrogen (secondary N) is 1. The number of benzene rings is 1. The van der Waals surface area contributed by atoms with Crippen molar-refractivity contribution in [1.29, 1.82) is 0 Å². The van der Waals surface area contributed by atoms with Gasteiger partial charge in [0.15, 0.2) is 0 Å². The molecule has 2 rings (SSSR count). The van der Waals surface area contributed by atoms with Crippen molar-refractivity contribution in [3.05, 3.63) is 29.8 Å². The van der Waals surface area contributed by atoms with E-state index in [9.17, 15) is 11.7 Å². The second-order valence-corrected chi connectivity index (χ2v) is 5.34. The molecule has 17 heavy (non-hydrogen) atoms. The van der Waals surface area contributed by atoms with Crippen LogP contribution in [0.5, 0.6) is 0 Å². The molecule has 1 heterocycles. The van der Waals surface area contributed by atoms with Gasteiger partial charge in [-0.25, -0.2) is 0 Å². The molecule has 1 aliphatic heterocycles. The van der Waals surface area contributed by atoms with E-state index in [-0.39, 0.29) is 0 Å². The van der Waals surface area contributed by atoms with Crippen molar-refractivity contribution in [2.24, 2.45) is 0 Å². The highest BCUT2D eigenvalue weighted by Gasteiger charge is 2.21. The summed E-state index contributed by atoms with van der Waals surface area (Å²) in [6.07, 6.45) is 0. The van der Waals surface area contributed by atoms with Gasteiger partial charge >= 0.3 is 0 Å². The summed E-state index contributed by atoms with van der Waals surface area (Å²) in [6, 6.07) is 6.73. The second-order valence-electron chi connectivity index (χ2n) is 4.05. The first-order chi connectivity index (χ1) is 8.04. The van der Waals surface area contributed by atoms with E-state index in [0.29, 0.717) is 5.56 Å². The predicted octanol–water partition coefficient (Wildman–Crippen LogP) is 3.05. The topological polar surface area (TPSA) is 15.3 Å². The van der Waals surface area contributed by atoms with Gasteiger partial charge in [0.05, 0.1) is 5.75 Å². The van der Waals surface area contributed by atoms with Gasteiger partial charge in [0.1, 0.15) is 0 Å². The highest BCUT2D eigenvalue weighted by Crippen LogP contribution is 2.55. The van der Waals surface area contributed by atoms with Crippen LogP contribution in [0.3, 0.4) is 0 Å². The molecule has 0 spiro atoms. The molecule has 0 unspecified atom stereocenters. The molecule has 0 bridgehead atoms. The van der Waals surface area contributed by atoms with E-state index in [2.05, 4.69) is 10.2 Å². The predicted molar refractivity (Wildman–Crippen MR) is 66.1 cm³/mol. The summed E-state index contributed by atoms with van der Waals surface area (Å²) in [5, 5.41) is 3.24. The van der Waals surface area contributed by atoms with Crippen LogP contribution < -0.4 is 10.2 Å². The molecular formula is C11H15F3N2S. The molecule has 0 aliphatic carbocycles. The molecule has 2 nitrogen and oxygen atoms in total. The van der Waals surface area contributed by atoms with Crippen LogP contribution in [0.25, 0.3) is 0 Å². The van der Waals surface area contributed by atoms with Crippen LogP contribution in [0.1, 0.15) is 5.56 Å². The molecule has 1 aromatic carbocycles. The molecule has 1 N–H and O–H groups in total. The standard InChI is InChI=1S/C11H15F3N2S/c12-17(13,14)9-10-1-3-11(4-2-10)16-7-5-15-6-8-16/h1-4,15H,5-9H2. The first-order valence-corrected chi connectivity index (χ1v) is 6.99. The van der Waals surface area contributed by atoms with Crippen LogP contribution in [-0.4, -0.2) is 26.2 Å². The first-order valence-electron chi connectivity index (χ1n) is 5.49. The largest absolute Gasteiger partial charge is 0.369 e. The molecule has 1 saturated heterocycles. The van der Waals surface area contributed by atoms with Gasteiger partial charge in [0.2, 0.25) is 11.2 Å². The average Bonchev–Trinajstić information content (AvgIpc) is 2.29. The van der Waals surface area contributed by atoms with E-state index in [1.54, 1.807) is 24.3 Å². The summed E-state index contributed by atoms with van der Waals surface area (Å²) in [4.78, 5) is 2.18. The number of rotatable bonds is 3. The number of nitrogens with zero attached hydrogens (tertiary/aromatic N) is 1. The Hall–Kier alpha value is -0.880. The third-order valence-corrected chi connectivity index (χ3v) is 3.41. The Kier molecular flexibility index (Phi) is 3.83. The number of hydrogen-bond donors (Lipinski definition) is 1. The van der Waals surface area contributed by atoms with Gasteiger partial charge in [-0.2, -0.15) is 0 Å². The summed E-state index contributed by atoms with van der Waals surface area (Å²) in [5.74, 6) is -0.769. The average molecular weight is 264 g/mol. The van der Waals surface area contributed by atoms with Crippen molar-refractivity contribution >= 4 is 16.9 Å². The second kappa shape index (κ2) is 5.18. The van der Waals surface area contributed by atoms with Crippen molar-refractivity contribution in [2.75, 3.05) is 31.1 Å². The van der Waals surface area contributed by atoms with Crippen LogP contribution in [0.15, 0.2) is 24.3 Å². The van der Waals surface area contributed by atoms with Crippen molar-refractivity contribution < 1.29 is 11.7 Å². The third-order valence-electron chi connectivity index (χ3n) is 2.75. The molecular weight excluding hydrogens is 249 g/mol. The fourth-order valence-corrected chi connectivity index (χ4v) is 2.49. The lowest BCUT2D eigenvalue weighted by Gasteiger charge is -2.29. The third kappa shape index (κ3) is 3.81. The first kappa shape index (κ1) is 12.6. The van der Waals surface area contributed by atoms with Crippen molar-refractivity contribution in [1.82, 2.24) is 5.32 Å². The summed E-state index contributed by atoms with van der Waals surface area (Å²) in [7, 11) is 0. The van der Waals surface area contributed by atoms with Gasteiger partial charge in [0.25, 0.3) is 0 Å². The lowest BCUT2D eigenvalue weighted by atomic mass is 10.2. The Bertz CT molecular complexity index is 358. The Balaban J connectivity index is 2.02. The molecule has 96 valence electrons. The van der Waals surface area contributed by atoms with Gasteiger partial charge in [-0.1, -0.05) is 12.1 Å². The van der Waals surface area contributed by atoms with Gasteiger partial charge in [-0.15, -0.1) is 11.7 Å². The maximum absolute atomic E-state index is 12.3. The molecule has 1 fully saturated rings. The summed E-state index contributed by atoms with van der Waals surface area (Å²) in [6.45, 7) is 3.66. The van der Waals surface area contributed by atoms with Crippen molar-refractivity contribution in [3.63, 3.8) is 0 Å². The SMILES string of the molecule is FS(F)(F)Cc1ccc(N2CCNCC2)cc1. The zero-order valence-electron chi connectivity index (χ0n) is 9.33. The Morgan fingerprint density at radius 3 is 2.18 bits per heavy atom. The van der Waals surface area contributed by atoms with E-state index in [0.717, 1.165) is 31.9 Å². The summed E-state index contributed by atoms with van der Waals surface area (Å²) < 4.78 is 36.8. The van der Waals surface area contributed by atoms with Gasteiger partial charge in [-0.05, 0) is 17.7 Å². The van der Waals surface area contributed by atoms with E-state index < -0.39 is 16.9 Å². The molecule has 1 aliphatic rings. The normalized spacial score (nSPS) is 18.2. The summed E-state index contributed by atoms with van der Waals surface area (Å²) >= 11 is -4.94. The van der Waals surface area contributed by atoms with Crippen LogP contribution >= 0.6 is 11.2 Å². The van der Waals surface area contributed by atoms with Crippen molar-refractivity contribution in [2.45, 2.75) is 5.75 Å². The zero-order valence-corrected chi connectivity index (χ0v) is 10.2. The molecule has 0 saturated carbocycles. The maximum atomic E-state index is 12.3. The summed E-state index contributed by atoms with van der Waals surface area (Å²) in [5.41, 5.74) is 1.36. The minimum Gasteiger partial charge on any atom is -0.369 e.